The first-order chi connectivity index (χ1) is 11.8. The Morgan fingerprint density at radius 1 is 0.393 bits per heavy atom. The largest absolute Gasteiger partial charge is 0.460 e. The second-order valence-corrected chi connectivity index (χ2v) is 6.40. The van der Waals surface area contributed by atoms with Crippen molar-refractivity contribution in [3.05, 3.63) is 0 Å². The molecule has 0 aromatic rings. The van der Waals surface area contributed by atoms with Crippen LogP contribution in [-0.4, -0.2) is 57.9 Å². The van der Waals surface area contributed by atoms with Crippen molar-refractivity contribution in [2.24, 2.45) is 0 Å². The van der Waals surface area contributed by atoms with Gasteiger partial charge in [0.2, 0.25) is 0 Å². The highest BCUT2D eigenvalue weighted by Crippen LogP contribution is 2.64. The van der Waals surface area contributed by atoms with Crippen molar-refractivity contribution in [1.82, 2.24) is 0 Å². The Morgan fingerprint density at radius 3 is 0.893 bits per heavy atom. The van der Waals surface area contributed by atoms with Crippen molar-refractivity contribution >= 4 is 10.2 Å². The summed E-state index contributed by atoms with van der Waals surface area (Å²) < 4.78 is 217. The van der Waals surface area contributed by atoms with E-state index in [2.05, 4.69) is 0 Å². The smallest absolute Gasteiger partial charge is 0.200 e. The average Bonchev–Trinajstić information content (AvgIpc) is 2.44. The number of hydrogen-bond donors (Lipinski definition) is 0. The molecule has 0 aliphatic carbocycles. The van der Waals surface area contributed by atoms with E-state index in [1.165, 1.54) is 0 Å². The lowest BCUT2D eigenvalue weighted by atomic mass is 9.88. The normalized spacial score (nSPS) is 16.6. The monoisotopic (exact) mass is 478 g/mol. The summed E-state index contributed by atoms with van der Waals surface area (Å²) in [6, 6.07) is -1.02. The molecule has 0 spiro atoms. The minimum Gasteiger partial charge on any atom is -0.200 e. The number of rotatable bonds is 8. The van der Waals surface area contributed by atoms with Crippen molar-refractivity contribution in [2.45, 2.75) is 60.1 Å². The van der Waals surface area contributed by atoms with Gasteiger partial charge < -0.3 is 0 Å². The molecule has 0 saturated carbocycles. The van der Waals surface area contributed by atoms with Crippen LogP contribution in [0.1, 0.15) is 6.42 Å². The third-order valence-corrected chi connectivity index (χ3v) is 3.85. The third kappa shape index (κ3) is 3.31. The summed E-state index contributed by atoms with van der Waals surface area (Å²) in [6.07, 6.45) is -10.1. The molecule has 0 unspecified atom stereocenters. The van der Waals surface area contributed by atoms with Gasteiger partial charge in [-0.3, -0.25) is 0 Å². The van der Waals surface area contributed by atoms with E-state index in [9.17, 15) is 74.6 Å². The summed E-state index contributed by atoms with van der Waals surface area (Å²) in [5, 5.41) is 0. The van der Waals surface area contributed by atoms with Crippen molar-refractivity contribution in [3.63, 3.8) is 0 Å². The Morgan fingerprint density at radius 2 is 0.643 bits per heavy atom. The molecule has 0 aromatic carbocycles. The van der Waals surface area contributed by atoms with Gasteiger partial charge in [-0.2, -0.15) is 74.6 Å². The van der Waals surface area contributed by atoms with Crippen LogP contribution in [0.15, 0.2) is 0 Å². The molecule has 0 N–H and O–H groups in total. The highest BCUT2D eigenvalue weighted by Gasteiger charge is 2.95. The molecule has 0 aliphatic rings. The Hall–Kier alpha value is -0.973. The van der Waals surface area contributed by atoms with Gasteiger partial charge in [-0.05, 0) is 0 Å². The van der Waals surface area contributed by atoms with Crippen molar-refractivity contribution in [1.29, 1.82) is 0 Å². The predicted molar refractivity (Wildman–Crippen MR) is 60.0 cm³/mol. The quantitative estimate of drug-likeness (QED) is 0.334. The van der Waals surface area contributed by atoms with E-state index in [1.54, 1.807) is 0 Å². The fourth-order valence-corrected chi connectivity index (χ4v) is 2.30. The lowest BCUT2D eigenvalue weighted by Crippen LogP contribution is -2.74. The second kappa shape index (κ2) is 6.78. The van der Waals surface area contributed by atoms with Crippen LogP contribution in [0.25, 0.3) is 0 Å². The summed E-state index contributed by atoms with van der Waals surface area (Å²) in [4.78, 5) is 0. The van der Waals surface area contributed by atoms with Gasteiger partial charge in [0.15, 0.2) is 0 Å². The van der Waals surface area contributed by atoms with E-state index in [-0.39, 0.29) is 0 Å². The molecule has 18 heteroatoms. The maximum atomic E-state index is 13.2. The Labute approximate surface area is 146 Å². The van der Waals surface area contributed by atoms with Gasteiger partial charge >= 0.3 is 47.6 Å². The zero-order valence-electron chi connectivity index (χ0n) is 12.8. The maximum Gasteiger partial charge on any atom is 0.460 e. The van der Waals surface area contributed by atoms with Gasteiger partial charge in [0, 0.05) is 16.7 Å². The molecule has 0 fully saturated rings. The molecule has 0 amide bonds. The first kappa shape index (κ1) is 27.0. The number of halogens is 17. The van der Waals surface area contributed by atoms with Gasteiger partial charge in [0.25, 0.3) is 0 Å². The van der Waals surface area contributed by atoms with Crippen LogP contribution in [0.3, 0.4) is 0 Å². The molecular formula is C10H7F17Si. The molecule has 0 nitrogen and oxygen atoms in total. The lowest BCUT2D eigenvalue weighted by molar-refractivity contribution is -0.461. The zero-order valence-corrected chi connectivity index (χ0v) is 14.8. The van der Waals surface area contributed by atoms with Crippen LogP contribution in [0.4, 0.5) is 74.6 Å². The van der Waals surface area contributed by atoms with E-state index in [0.29, 0.717) is 0 Å². The van der Waals surface area contributed by atoms with Crippen LogP contribution >= 0.6 is 0 Å². The second-order valence-electron chi connectivity index (χ2n) is 5.40. The van der Waals surface area contributed by atoms with Crippen LogP contribution in [0.2, 0.25) is 6.04 Å². The van der Waals surface area contributed by atoms with E-state index in [1.807, 2.05) is 0 Å². The van der Waals surface area contributed by atoms with Gasteiger partial charge in [-0.1, -0.05) is 6.04 Å². The van der Waals surface area contributed by atoms with Crippen molar-refractivity contribution < 1.29 is 74.6 Å². The highest BCUT2D eigenvalue weighted by molar-refractivity contribution is 6.08. The summed E-state index contributed by atoms with van der Waals surface area (Å²) in [6.45, 7) is 0. The molecular weight excluding hydrogens is 471 g/mol. The summed E-state index contributed by atoms with van der Waals surface area (Å²) in [5.74, 6) is -55.5. The van der Waals surface area contributed by atoms with E-state index in [0.717, 1.165) is 0 Å². The standard InChI is InChI=1S/C10H7F17Si/c11-3(12,1-2-28)4(13,14)5(15,16)6(17,18)7(19,20)8(21,22)9(23,24)10(25,26)27/h1-2H2,28H3. The Balaban J connectivity index is 6.63. The zero-order chi connectivity index (χ0) is 23.4. The molecule has 0 saturated heterocycles. The SMILES string of the molecule is FC(F)(F)C(F)(F)C(F)(F)C(F)(F)C(F)(F)C(F)(F)C(F)(F)C(F)(F)CC[SiH3]. The molecule has 0 heterocycles. The highest BCUT2D eigenvalue weighted by atomic mass is 28.1. The van der Waals surface area contributed by atoms with Gasteiger partial charge in [0.05, 0.1) is 0 Å². The molecule has 0 rings (SSSR count). The molecule has 0 aliphatic heterocycles. The fraction of sp³-hybridized carbons (Fsp3) is 1.00. The molecule has 0 aromatic heterocycles. The van der Waals surface area contributed by atoms with Gasteiger partial charge in [0.1, 0.15) is 0 Å². The number of alkyl halides is 17. The molecule has 0 atom stereocenters. The van der Waals surface area contributed by atoms with E-state index < -0.39 is 70.3 Å². The summed E-state index contributed by atoms with van der Waals surface area (Å²) >= 11 is 0. The number of hydrogen-bond acceptors (Lipinski definition) is 0. The van der Waals surface area contributed by atoms with E-state index in [4.69, 9.17) is 0 Å². The van der Waals surface area contributed by atoms with Crippen LogP contribution in [0.5, 0.6) is 0 Å². The van der Waals surface area contributed by atoms with Crippen LogP contribution < -0.4 is 0 Å². The van der Waals surface area contributed by atoms with Crippen LogP contribution in [0, 0.1) is 0 Å². The molecule has 170 valence electrons. The Bertz CT molecular complexity index is 559. The van der Waals surface area contributed by atoms with Gasteiger partial charge in [-0.15, -0.1) is 0 Å². The molecule has 0 radical (unpaired) electrons. The topological polar surface area (TPSA) is 0 Å². The van der Waals surface area contributed by atoms with Gasteiger partial charge in [-0.25, -0.2) is 0 Å². The van der Waals surface area contributed by atoms with E-state index >= 15 is 0 Å². The third-order valence-electron chi connectivity index (χ3n) is 3.35. The summed E-state index contributed by atoms with van der Waals surface area (Å²) in [7, 11) is -0.436. The first-order valence-corrected chi connectivity index (χ1v) is 7.94. The minimum atomic E-state index is -8.55. The predicted octanol–water partition coefficient (Wildman–Crippen LogP) is 5.17. The Kier molecular flexibility index (Phi) is 6.55. The fourth-order valence-electron chi connectivity index (χ4n) is 1.67. The molecule has 0 bridgehead atoms. The maximum absolute atomic E-state index is 13.2. The molecule has 28 heavy (non-hydrogen) atoms. The van der Waals surface area contributed by atoms with Crippen molar-refractivity contribution in [3.8, 4) is 0 Å². The van der Waals surface area contributed by atoms with Crippen molar-refractivity contribution in [2.75, 3.05) is 0 Å². The first-order valence-electron chi connectivity index (χ1n) is 6.52. The van der Waals surface area contributed by atoms with Crippen LogP contribution in [-0.2, 0) is 0 Å². The summed E-state index contributed by atoms with van der Waals surface area (Å²) in [5.41, 5.74) is 0. The average molecular weight is 478 g/mol. The minimum absolute atomic E-state index is 0.436. The lowest BCUT2D eigenvalue weighted by Gasteiger charge is -2.42.